The Labute approximate surface area is 111 Å². The molecule has 4 heteroatoms. The lowest BCUT2D eigenvalue weighted by atomic mass is 10.1. The van der Waals surface area contributed by atoms with Crippen molar-refractivity contribution in [1.29, 1.82) is 0 Å². The number of aromatic nitrogens is 2. The van der Waals surface area contributed by atoms with Gasteiger partial charge in [0.25, 0.3) is 0 Å². The summed E-state index contributed by atoms with van der Waals surface area (Å²) in [5, 5.41) is 2.34. The maximum Gasteiger partial charge on any atom is 0.137 e. The fourth-order valence-corrected chi connectivity index (χ4v) is 3.47. The van der Waals surface area contributed by atoms with E-state index in [1.54, 1.807) is 0 Å². The second-order valence-electron chi connectivity index (χ2n) is 5.13. The van der Waals surface area contributed by atoms with Crippen LogP contribution in [0.15, 0.2) is 29.5 Å². The summed E-state index contributed by atoms with van der Waals surface area (Å²) >= 11 is 1.87. The monoisotopic (exact) mass is 259 g/mol. The molecule has 0 aliphatic carbocycles. The third kappa shape index (κ3) is 2.17. The van der Waals surface area contributed by atoms with Gasteiger partial charge in [0.2, 0.25) is 0 Å². The van der Waals surface area contributed by atoms with E-state index in [0.29, 0.717) is 12.0 Å². The van der Waals surface area contributed by atoms with E-state index in [9.17, 15) is 0 Å². The first-order valence-corrected chi connectivity index (χ1v) is 7.35. The summed E-state index contributed by atoms with van der Waals surface area (Å²) in [6.07, 6.45) is 5.02. The van der Waals surface area contributed by atoms with Crippen LogP contribution < -0.4 is 0 Å². The third-order valence-electron chi connectivity index (χ3n) is 3.14. The molecule has 0 amide bonds. The Kier molecular flexibility index (Phi) is 3.12. The number of pyridine rings is 1. The lowest BCUT2D eigenvalue weighted by Gasteiger charge is -2.07. The van der Waals surface area contributed by atoms with Gasteiger partial charge in [0, 0.05) is 29.1 Å². The Balaban J connectivity index is 1.91. The van der Waals surface area contributed by atoms with Crippen LogP contribution in [0, 0.1) is 5.92 Å². The second-order valence-corrected chi connectivity index (χ2v) is 6.14. The molecular weight excluding hydrogens is 242 g/mol. The standard InChI is InChI=1S/C14H17N3S/c1-9(2)6-10-8-18-14(17-10)12-7-16-13-11(12)4-3-5-15-13/h3-5,7,9-10H,6,8H2,1-2H3,(H,15,16). The molecule has 3 nitrogen and oxygen atoms in total. The molecule has 1 aliphatic heterocycles. The predicted molar refractivity (Wildman–Crippen MR) is 78.3 cm³/mol. The number of thioether (sulfide) groups is 1. The number of hydrogen-bond acceptors (Lipinski definition) is 3. The molecule has 2 aromatic heterocycles. The van der Waals surface area contributed by atoms with Crippen LogP contribution in [0.3, 0.4) is 0 Å². The summed E-state index contributed by atoms with van der Waals surface area (Å²) in [4.78, 5) is 12.4. The van der Waals surface area contributed by atoms with Crippen molar-refractivity contribution in [2.24, 2.45) is 10.9 Å². The molecule has 0 fully saturated rings. The second kappa shape index (κ2) is 4.76. The van der Waals surface area contributed by atoms with Crippen LogP contribution in [0.1, 0.15) is 25.8 Å². The zero-order chi connectivity index (χ0) is 12.5. The topological polar surface area (TPSA) is 41.0 Å². The molecule has 2 aromatic rings. The van der Waals surface area contributed by atoms with E-state index >= 15 is 0 Å². The number of nitrogens with zero attached hydrogens (tertiary/aromatic N) is 2. The molecule has 0 aromatic carbocycles. The lowest BCUT2D eigenvalue weighted by Crippen LogP contribution is -2.07. The van der Waals surface area contributed by atoms with Gasteiger partial charge in [-0.25, -0.2) is 4.98 Å². The number of rotatable bonds is 3. The van der Waals surface area contributed by atoms with Crippen molar-refractivity contribution in [3.63, 3.8) is 0 Å². The normalized spacial score (nSPS) is 19.7. The van der Waals surface area contributed by atoms with E-state index < -0.39 is 0 Å². The molecule has 0 saturated heterocycles. The minimum Gasteiger partial charge on any atom is -0.345 e. The summed E-state index contributed by atoms with van der Waals surface area (Å²) in [6.45, 7) is 4.52. The number of H-pyrrole nitrogens is 1. The van der Waals surface area contributed by atoms with Gasteiger partial charge in [-0.1, -0.05) is 13.8 Å². The van der Waals surface area contributed by atoms with E-state index in [1.165, 1.54) is 22.4 Å². The highest BCUT2D eigenvalue weighted by Gasteiger charge is 2.22. The molecule has 1 unspecified atom stereocenters. The summed E-state index contributed by atoms with van der Waals surface area (Å²) in [5.41, 5.74) is 2.15. The molecule has 0 radical (unpaired) electrons. The van der Waals surface area contributed by atoms with Gasteiger partial charge in [-0.05, 0) is 24.5 Å². The number of aromatic amines is 1. The molecule has 1 aliphatic rings. The van der Waals surface area contributed by atoms with E-state index in [4.69, 9.17) is 4.99 Å². The average molecular weight is 259 g/mol. The summed E-state index contributed by atoms with van der Waals surface area (Å²) in [5.74, 6) is 1.82. The first-order chi connectivity index (χ1) is 8.74. The van der Waals surface area contributed by atoms with Crippen LogP contribution in [0.25, 0.3) is 11.0 Å². The Morgan fingerprint density at radius 2 is 2.39 bits per heavy atom. The highest BCUT2D eigenvalue weighted by Crippen LogP contribution is 2.29. The van der Waals surface area contributed by atoms with Crippen LogP contribution in [0.4, 0.5) is 0 Å². The largest absolute Gasteiger partial charge is 0.345 e. The van der Waals surface area contributed by atoms with Crippen molar-refractivity contribution in [3.8, 4) is 0 Å². The fourth-order valence-electron chi connectivity index (χ4n) is 2.36. The van der Waals surface area contributed by atoms with Crippen LogP contribution in [0.2, 0.25) is 0 Å². The van der Waals surface area contributed by atoms with Gasteiger partial charge in [-0.2, -0.15) is 0 Å². The third-order valence-corrected chi connectivity index (χ3v) is 4.29. The number of fused-ring (bicyclic) bond motifs is 1. The van der Waals surface area contributed by atoms with E-state index in [2.05, 4.69) is 29.9 Å². The van der Waals surface area contributed by atoms with Crippen LogP contribution >= 0.6 is 11.8 Å². The Morgan fingerprint density at radius 3 is 3.22 bits per heavy atom. The summed E-state index contributed by atoms with van der Waals surface area (Å²) < 4.78 is 0. The van der Waals surface area contributed by atoms with Gasteiger partial charge < -0.3 is 4.98 Å². The van der Waals surface area contributed by atoms with Gasteiger partial charge in [0.15, 0.2) is 0 Å². The van der Waals surface area contributed by atoms with Crippen molar-refractivity contribution < 1.29 is 0 Å². The van der Waals surface area contributed by atoms with Crippen LogP contribution in [-0.2, 0) is 0 Å². The Hall–Kier alpha value is -1.29. The maximum atomic E-state index is 4.85. The zero-order valence-electron chi connectivity index (χ0n) is 10.7. The molecule has 0 spiro atoms. The summed E-state index contributed by atoms with van der Waals surface area (Å²) in [6, 6.07) is 4.56. The van der Waals surface area contributed by atoms with Crippen LogP contribution in [-0.4, -0.2) is 26.8 Å². The molecule has 18 heavy (non-hydrogen) atoms. The average Bonchev–Trinajstić information content (AvgIpc) is 2.94. The highest BCUT2D eigenvalue weighted by molar-refractivity contribution is 8.14. The minimum atomic E-state index is 0.478. The highest BCUT2D eigenvalue weighted by atomic mass is 32.2. The van der Waals surface area contributed by atoms with Crippen molar-refractivity contribution in [2.75, 3.05) is 5.75 Å². The Bertz CT molecular complexity index is 585. The van der Waals surface area contributed by atoms with Gasteiger partial charge in [0.1, 0.15) is 10.7 Å². The van der Waals surface area contributed by atoms with E-state index in [-0.39, 0.29) is 0 Å². The molecule has 3 rings (SSSR count). The van der Waals surface area contributed by atoms with Crippen molar-refractivity contribution in [3.05, 3.63) is 30.1 Å². The minimum absolute atomic E-state index is 0.478. The van der Waals surface area contributed by atoms with E-state index in [0.717, 1.165) is 11.4 Å². The van der Waals surface area contributed by atoms with Crippen molar-refractivity contribution in [1.82, 2.24) is 9.97 Å². The SMILES string of the molecule is CC(C)CC1CSC(c2c[nH]c3ncccc23)=N1. The molecular formula is C14H17N3S. The van der Waals surface area contributed by atoms with E-state index in [1.807, 2.05) is 30.2 Å². The molecule has 1 N–H and O–H groups in total. The first-order valence-electron chi connectivity index (χ1n) is 6.37. The quantitative estimate of drug-likeness (QED) is 0.917. The fraction of sp³-hybridized carbons (Fsp3) is 0.429. The van der Waals surface area contributed by atoms with Gasteiger partial charge in [-0.15, -0.1) is 11.8 Å². The molecule has 3 heterocycles. The number of nitrogens with one attached hydrogen (secondary N) is 1. The van der Waals surface area contributed by atoms with Crippen LogP contribution in [0.5, 0.6) is 0 Å². The molecule has 0 saturated carbocycles. The lowest BCUT2D eigenvalue weighted by molar-refractivity contribution is 0.529. The first kappa shape index (κ1) is 11.8. The molecule has 0 bridgehead atoms. The zero-order valence-corrected chi connectivity index (χ0v) is 11.5. The summed E-state index contributed by atoms with van der Waals surface area (Å²) in [7, 11) is 0. The van der Waals surface area contributed by atoms with Crippen molar-refractivity contribution >= 4 is 27.8 Å². The predicted octanol–water partition coefficient (Wildman–Crippen LogP) is 3.47. The smallest absolute Gasteiger partial charge is 0.137 e. The van der Waals surface area contributed by atoms with Gasteiger partial charge in [0.05, 0.1) is 6.04 Å². The maximum absolute atomic E-state index is 4.85. The molecule has 94 valence electrons. The Morgan fingerprint density at radius 1 is 1.50 bits per heavy atom. The number of hydrogen-bond donors (Lipinski definition) is 1. The van der Waals surface area contributed by atoms with Gasteiger partial charge >= 0.3 is 0 Å². The van der Waals surface area contributed by atoms with Crippen molar-refractivity contribution in [2.45, 2.75) is 26.3 Å². The molecule has 1 atom stereocenters. The van der Waals surface area contributed by atoms with Gasteiger partial charge in [-0.3, -0.25) is 4.99 Å². The number of aliphatic imine (C=N–C) groups is 1.